The third-order valence-electron chi connectivity index (χ3n) is 12.3. The number of hydrogen-bond donors (Lipinski definition) is 0. The minimum absolute atomic E-state index is 0.0222. The molecule has 4 aromatic carbocycles. The number of ether oxygens (including phenoxy) is 4. The molecule has 2 aliphatic heterocycles. The zero-order chi connectivity index (χ0) is 43.8. The number of esters is 2. The van der Waals surface area contributed by atoms with E-state index in [-0.39, 0.29) is 31.5 Å². The van der Waals surface area contributed by atoms with Crippen molar-refractivity contribution in [2.45, 2.75) is 109 Å². The van der Waals surface area contributed by atoms with E-state index in [1.807, 2.05) is 6.21 Å². The summed E-state index contributed by atoms with van der Waals surface area (Å²) in [4.78, 5) is 34.3. The predicted molar refractivity (Wildman–Crippen MR) is 254 cm³/mol. The molecule has 10 nitrogen and oxygen atoms in total. The van der Waals surface area contributed by atoms with Gasteiger partial charge >= 0.3 is 11.9 Å². The molecule has 2 heterocycles. The topological polar surface area (TPSA) is 99.1 Å². The quantitative estimate of drug-likeness (QED) is 0.0460. The third kappa shape index (κ3) is 10.6. The largest absolute Gasteiger partial charge is 0.464 e. The first kappa shape index (κ1) is 46.0. The van der Waals surface area contributed by atoms with Crippen LogP contribution in [0.15, 0.2) is 83.9 Å². The number of hydrogen-bond acceptors (Lipinski definition) is 10. The molecule has 12 heteroatoms. The number of rotatable bonds is 21. The van der Waals surface area contributed by atoms with Crippen LogP contribution in [0.4, 0.5) is 17.1 Å². The Morgan fingerprint density at radius 2 is 1.43 bits per heavy atom. The van der Waals surface area contributed by atoms with Crippen LogP contribution < -0.4 is 14.5 Å². The van der Waals surface area contributed by atoms with E-state index in [1.165, 1.54) is 24.4 Å². The fraction of sp³-hybridized carbons (Fsp3) is 0.490. The van der Waals surface area contributed by atoms with E-state index < -0.39 is 34.3 Å². The lowest BCUT2D eigenvalue weighted by Crippen LogP contribution is -2.61. The van der Waals surface area contributed by atoms with Crippen molar-refractivity contribution >= 4 is 62.6 Å². The Labute approximate surface area is 365 Å². The Kier molecular flexibility index (Phi) is 14.9. The SMILES string of the molecule is CCCC[Si](C)(C)O[Si](C)(C)CCCOCCOC(=O)CCC(=O)OCCN(CC)c1ccc(-c2cc3c(c4ccccc24)OC2(C=N3)N(C)c3ccccc3C2(C)C)cc1. The maximum atomic E-state index is 12.5. The first-order valence-electron chi connectivity index (χ1n) is 22.2. The highest BCUT2D eigenvalue weighted by Crippen LogP contribution is 2.55. The monoisotopic (exact) mass is 865 g/mol. The second kappa shape index (κ2) is 19.7. The molecule has 0 fully saturated rings. The Hall–Kier alpha value is -4.50. The molecule has 0 amide bonds. The maximum Gasteiger partial charge on any atom is 0.306 e. The van der Waals surface area contributed by atoms with Crippen molar-refractivity contribution in [3.63, 3.8) is 0 Å². The molecule has 6 rings (SSSR count). The molecule has 0 aliphatic carbocycles. The van der Waals surface area contributed by atoms with E-state index in [2.05, 4.69) is 150 Å². The number of unbranched alkanes of at least 4 members (excludes halogenated alkanes) is 1. The number of carbonyl (C=O) groups excluding carboxylic acids is 2. The second-order valence-corrected chi connectivity index (χ2v) is 26.9. The summed E-state index contributed by atoms with van der Waals surface area (Å²) in [5.41, 5.74) is 5.25. The molecule has 61 heavy (non-hydrogen) atoms. The van der Waals surface area contributed by atoms with Gasteiger partial charge in [-0.15, -0.1) is 0 Å². The highest BCUT2D eigenvalue weighted by atomic mass is 28.4. The van der Waals surface area contributed by atoms with Crippen molar-refractivity contribution in [3.05, 3.63) is 84.4 Å². The van der Waals surface area contributed by atoms with E-state index in [4.69, 9.17) is 28.1 Å². The lowest BCUT2D eigenvalue weighted by atomic mass is 9.77. The highest BCUT2D eigenvalue weighted by Gasteiger charge is 2.58. The average molecular weight is 866 g/mol. The number of fused-ring (bicyclic) bond motifs is 4. The number of para-hydroxylation sites is 1. The maximum absolute atomic E-state index is 12.5. The minimum Gasteiger partial charge on any atom is -0.464 e. The Bertz CT molecular complexity index is 2170. The molecule has 328 valence electrons. The van der Waals surface area contributed by atoms with E-state index >= 15 is 0 Å². The van der Waals surface area contributed by atoms with Gasteiger partial charge in [-0.05, 0) is 112 Å². The Balaban J connectivity index is 0.950. The van der Waals surface area contributed by atoms with Crippen LogP contribution in [0.3, 0.4) is 0 Å². The summed E-state index contributed by atoms with van der Waals surface area (Å²) in [6.45, 7) is 20.6. The zero-order valence-corrected chi connectivity index (χ0v) is 40.0. The summed E-state index contributed by atoms with van der Waals surface area (Å²) in [6, 6.07) is 29.7. The molecule has 1 atom stereocenters. The van der Waals surface area contributed by atoms with Gasteiger partial charge in [-0.1, -0.05) is 74.4 Å². The minimum atomic E-state index is -1.73. The molecule has 0 saturated carbocycles. The molecule has 1 unspecified atom stereocenters. The van der Waals surface area contributed by atoms with Gasteiger partial charge in [-0.3, -0.25) is 14.6 Å². The van der Waals surface area contributed by atoms with Gasteiger partial charge in [0, 0.05) is 37.0 Å². The summed E-state index contributed by atoms with van der Waals surface area (Å²) >= 11 is 0. The van der Waals surface area contributed by atoms with Gasteiger partial charge in [0.1, 0.15) is 18.9 Å². The van der Waals surface area contributed by atoms with Crippen molar-refractivity contribution in [2.75, 3.05) is 56.4 Å². The van der Waals surface area contributed by atoms with E-state index in [0.717, 1.165) is 63.7 Å². The molecular weight excluding hydrogens is 799 g/mol. The van der Waals surface area contributed by atoms with Crippen LogP contribution in [0, 0.1) is 0 Å². The van der Waals surface area contributed by atoms with Gasteiger partial charge in [-0.2, -0.15) is 0 Å². The van der Waals surface area contributed by atoms with Crippen molar-refractivity contribution in [3.8, 4) is 16.9 Å². The number of carbonyl (C=O) groups is 2. The standard InChI is InChI=1S/C49H67N3O7Si2/c1-10-12-33-60(6,7)59-61(8,9)34-17-29-55-31-32-57-46(54)27-26-45(53)56-30-28-52(11-2)38-24-22-37(23-25-38)41-35-43-47(40-19-14-13-18-39(40)41)58-49(36-50-43)48(3,4)42-20-15-16-21-44(42)51(49)5/h13-16,18-25,35-36H,10-12,17,26-34H2,1-9H3. The Morgan fingerprint density at radius 3 is 2.10 bits per heavy atom. The molecule has 0 bridgehead atoms. The van der Waals surface area contributed by atoms with Gasteiger partial charge in [0.25, 0.3) is 0 Å². The smallest absolute Gasteiger partial charge is 0.306 e. The number of anilines is 2. The van der Waals surface area contributed by atoms with Gasteiger partial charge in [0.15, 0.2) is 22.4 Å². The first-order valence-corrected chi connectivity index (χ1v) is 28.4. The van der Waals surface area contributed by atoms with Crippen LogP contribution in [0.5, 0.6) is 5.75 Å². The van der Waals surface area contributed by atoms with Gasteiger partial charge < -0.3 is 32.9 Å². The normalized spacial score (nSPS) is 16.6. The summed E-state index contributed by atoms with van der Waals surface area (Å²) in [5, 5.41) is 2.11. The van der Waals surface area contributed by atoms with Gasteiger partial charge in [0.2, 0.25) is 5.72 Å². The predicted octanol–water partition coefficient (Wildman–Crippen LogP) is 11.1. The number of likely N-dealkylation sites (N-methyl/N-ethyl adjacent to an activating group) is 2. The van der Waals surface area contributed by atoms with Crippen molar-refractivity contribution in [1.82, 2.24) is 0 Å². The van der Waals surface area contributed by atoms with Crippen molar-refractivity contribution < 1.29 is 32.7 Å². The van der Waals surface area contributed by atoms with Crippen LogP contribution in [-0.2, 0) is 33.3 Å². The summed E-state index contributed by atoms with van der Waals surface area (Å²) < 4.78 is 30.3. The highest BCUT2D eigenvalue weighted by molar-refractivity contribution is 6.84. The third-order valence-corrected chi connectivity index (χ3v) is 19.8. The van der Waals surface area contributed by atoms with E-state index in [1.54, 1.807) is 0 Å². The van der Waals surface area contributed by atoms with Gasteiger partial charge in [-0.25, -0.2) is 0 Å². The molecule has 0 aromatic heterocycles. The molecular formula is C49H67N3O7Si2. The lowest BCUT2D eigenvalue weighted by Gasteiger charge is -2.45. The van der Waals surface area contributed by atoms with Gasteiger partial charge in [0.05, 0.1) is 37.6 Å². The number of benzene rings is 4. The lowest BCUT2D eigenvalue weighted by molar-refractivity contribution is -0.151. The molecule has 4 aromatic rings. The van der Waals surface area contributed by atoms with E-state index in [9.17, 15) is 9.59 Å². The number of nitrogens with zero attached hydrogens (tertiary/aromatic N) is 3. The number of aliphatic imine (C=N–C) groups is 1. The fourth-order valence-corrected chi connectivity index (χ4v) is 18.0. The van der Waals surface area contributed by atoms with Crippen LogP contribution in [0.1, 0.15) is 65.4 Å². The van der Waals surface area contributed by atoms with Crippen LogP contribution >= 0.6 is 0 Å². The molecule has 0 radical (unpaired) electrons. The molecule has 1 spiro atoms. The van der Waals surface area contributed by atoms with Crippen LogP contribution in [0.25, 0.3) is 21.9 Å². The van der Waals surface area contributed by atoms with Crippen LogP contribution in [0.2, 0.25) is 38.3 Å². The zero-order valence-electron chi connectivity index (χ0n) is 38.0. The molecule has 2 aliphatic rings. The summed E-state index contributed by atoms with van der Waals surface area (Å²) in [7, 11) is -1.26. The van der Waals surface area contributed by atoms with Crippen LogP contribution in [-0.4, -0.2) is 87.1 Å². The van der Waals surface area contributed by atoms with Crippen molar-refractivity contribution in [1.29, 1.82) is 0 Å². The van der Waals surface area contributed by atoms with Crippen molar-refractivity contribution in [2.24, 2.45) is 4.99 Å². The Morgan fingerprint density at radius 1 is 0.787 bits per heavy atom. The average Bonchev–Trinajstić information content (AvgIpc) is 3.40. The second-order valence-electron chi connectivity index (χ2n) is 18.1. The first-order chi connectivity index (χ1) is 29.1. The summed E-state index contributed by atoms with van der Waals surface area (Å²) in [6.07, 6.45) is 5.31. The summed E-state index contributed by atoms with van der Waals surface area (Å²) in [5.74, 6) is -0.0569. The fourth-order valence-electron chi connectivity index (χ4n) is 8.95. The van der Waals surface area contributed by atoms with E-state index in [0.29, 0.717) is 19.8 Å². The molecule has 0 N–H and O–H groups in total. The molecule has 0 saturated heterocycles.